The van der Waals surface area contributed by atoms with Crippen LogP contribution in [0, 0.1) is 6.07 Å². The summed E-state index contributed by atoms with van der Waals surface area (Å²) in [6.07, 6.45) is 6.20. The Morgan fingerprint density at radius 1 is 0.900 bits per heavy atom. The second-order valence-corrected chi connectivity index (χ2v) is 17.5. The van der Waals surface area contributed by atoms with Crippen molar-refractivity contribution in [2.24, 2.45) is 0 Å². The Labute approximate surface area is 316 Å². The molecule has 263 valence electrons. The Kier molecular flexibility index (Phi) is 10.6. The van der Waals surface area contributed by atoms with Crippen molar-refractivity contribution in [1.29, 1.82) is 0 Å². The number of pyridine rings is 1. The van der Waals surface area contributed by atoms with E-state index >= 15 is 0 Å². The van der Waals surface area contributed by atoms with Crippen LogP contribution < -0.4 is 0 Å². The van der Waals surface area contributed by atoms with Gasteiger partial charge in [0.15, 0.2) is 0 Å². The second kappa shape index (κ2) is 14.0. The number of benzene rings is 4. The van der Waals surface area contributed by atoms with Crippen molar-refractivity contribution >= 4 is 58.8 Å². The third-order valence-electron chi connectivity index (χ3n) is 9.98. The van der Waals surface area contributed by atoms with Gasteiger partial charge in [-0.1, -0.05) is 103 Å². The SMILES string of the molecule is CC(=[N-])/C=C(/C)OC(C)C.CC(C)(C)c1cc(-c2nccc3cc4sc5c6c(ccc5c4cc23)C(C)(C)CCC6(C)C)[c-]c2ccccc12.[Ir]. The molecule has 50 heavy (non-hydrogen) atoms. The fraction of sp³-hybridized carbons (Fsp3) is 0.378. The van der Waals surface area contributed by atoms with Gasteiger partial charge < -0.3 is 10.1 Å². The Hall–Kier alpha value is -3.37. The third kappa shape index (κ3) is 7.33. The van der Waals surface area contributed by atoms with Crippen LogP contribution in [0.2, 0.25) is 0 Å². The van der Waals surface area contributed by atoms with Gasteiger partial charge in [0.1, 0.15) is 0 Å². The molecule has 0 saturated carbocycles. The summed E-state index contributed by atoms with van der Waals surface area (Å²) in [6.45, 7) is 23.9. The molecule has 0 saturated heterocycles. The number of thiophene rings is 1. The van der Waals surface area contributed by atoms with Crippen molar-refractivity contribution in [3.05, 3.63) is 107 Å². The number of fused-ring (bicyclic) bond motifs is 7. The van der Waals surface area contributed by atoms with Gasteiger partial charge in [0, 0.05) is 52.2 Å². The Morgan fingerprint density at radius 3 is 2.28 bits per heavy atom. The van der Waals surface area contributed by atoms with Gasteiger partial charge in [0.2, 0.25) is 0 Å². The first-order chi connectivity index (χ1) is 23.0. The Bertz CT molecular complexity index is 2270. The quantitative estimate of drug-likeness (QED) is 0.101. The summed E-state index contributed by atoms with van der Waals surface area (Å²) in [5.41, 5.74) is 7.22. The van der Waals surface area contributed by atoms with Gasteiger partial charge in [-0.15, -0.1) is 40.5 Å². The topological polar surface area (TPSA) is 44.4 Å². The summed E-state index contributed by atoms with van der Waals surface area (Å²) in [4.78, 5) is 4.96. The summed E-state index contributed by atoms with van der Waals surface area (Å²) in [7, 11) is 0. The van der Waals surface area contributed by atoms with Crippen molar-refractivity contribution in [3.63, 3.8) is 0 Å². The van der Waals surface area contributed by atoms with Gasteiger partial charge in [-0.3, -0.25) is 4.98 Å². The van der Waals surface area contributed by atoms with E-state index in [0.29, 0.717) is 0 Å². The first-order valence-corrected chi connectivity index (χ1v) is 18.4. The molecular weight excluding hydrogens is 809 g/mol. The van der Waals surface area contributed by atoms with E-state index in [4.69, 9.17) is 15.1 Å². The molecule has 7 rings (SSSR count). The average Bonchev–Trinajstić information content (AvgIpc) is 3.37. The molecule has 0 fully saturated rings. The molecular formula is C45H50IrN2OS-2. The van der Waals surface area contributed by atoms with E-state index in [2.05, 4.69) is 115 Å². The number of rotatable bonds is 4. The molecule has 0 unspecified atom stereocenters. The van der Waals surface area contributed by atoms with Gasteiger partial charge in [0.25, 0.3) is 0 Å². The molecule has 0 bridgehead atoms. The maximum Gasteiger partial charge on any atom is 0.0926 e. The molecule has 0 N–H and O–H groups in total. The maximum atomic E-state index is 8.80. The van der Waals surface area contributed by atoms with Gasteiger partial charge in [0.05, 0.1) is 11.9 Å². The molecule has 1 aliphatic rings. The van der Waals surface area contributed by atoms with Crippen LogP contribution in [0.5, 0.6) is 0 Å². The zero-order valence-corrected chi connectivity index (χ0v) is 34.7. The van der Waals surface area contributed by atoms with Crippen LogP contribution in [0.15, 0.2) is 78.7 Å². The van der Waals surface area contributed by atoms with Gasteiger partial charge >= 0.3 is 0 Å². The van der Waals surface area contributed by atoms with Gasteiger partial charge in [-0.2, -0.15) is 5.71 Å². The number of hydrogen-bond donors (Lipinski definition) is 0. The van der Waals surface area contributed by atoms with Crippen molar-refractivity contribution in [3.8, 4) is 11.3 Å². The predicted molar refractivity (Wildman–Crippen MR) is 214 cm³/mol. The van der Waals surface area contributed by atoms with Crippen LogP contribution in [0.3, 0.4) is 0 Å². The van der Waals surface area contributed by atoms with Crippen molar-refractivity contribution < 1.29 is 24.8 Å². The molecule has 1 radical (unpaired) electrons. The average molecular weight is 859 g/mol. The maximum absolute atomic E-state index is 8.80. The van der Waals surface area contributed by atoms with E-state index in [1.807, 2.05) is 38.3 Å². The van der Waals surface area contributed by atoms with Crippen molar-refractivity contribution in [1.82, 2.24) is 4.98 Å². The molecule has 1 aliphatic carbocycles. The van der Waals surface area contributed by atoms with Crippen LogP contribution in [0.4, 0.5) is 0 Å². The minimum atomic E-state index is 0. The zero-order valence-electron chi connectivity index (χ0n) is 31.5. The van der Waals surface area contributed by atoms with E-state index in [0.717, 1.165) is 22.4 Å². The molecule has 2 aromatic heterocycles. The first kappa shape index (κ1) is 37.9. The molecule has 4 aromatic carbocycles. The number of hydrogen-bond acceptors (Lipinski definition) is 3. The molecule has 0 amide bonds. The Balaban J connectivity index is 0.000000388. The van der Waals surface area contributed by atoms with Crippen LogP contribution in [-0.2, 0) is 41.1 Å². The molecule has 5 heteroatoms. The second-order valence-electron chi connectivity index (χ2n) is 16.4. The number of nitrogens with zero attached hydrogens (tertiary/aromatic N) is 2. The fourth-order valence-electron chi connectivity index (χ4n) is 7.52. The summed E-state index contributed by atoms with van der Waals surface area (Å²) < 4.78 is 8.07. The largest absolute Gasteiger partial charge is 0.808 e. The van der Waals surface area contributed by atoms with E-state index < -0.39 is 0 Å². The predicted octanol–water partition coefficient (Wildman–Crippen LogP) is 13.2. The number of allylic oxidation sites excluding steroid dienone is 2. The van der Waals surface area contributed by atoms with E-state index in [1.54, 1.807) is 18.6 Å². The normalized spacial score (nSPS) is 15.5. The van der Waals surface area contributed by atoms with Gasteiger partial charge in [-0.25, -0.2) is 0 Å². The first-order valence-electron chi connectivity index (χ1n) is 17.6. The van der Waals surface area contributed by atoms with E-state index in [1.165, 1.54) is 60.3 Å². The number of ether oxygens (including phenoxy) is 1. The number of aromatic nitrogens is 1. The van der Waals surface area contributed by atoms with E-state index in [-0.39, 0.29) is 48.2 Å². The summed E-state index contributed by atoms with van der Waals surface area (Å²) >= 11 is 1.98. The molecule has 0 atom stereocenters. The standard InChI is InChI=1S/C37H36NS.C8H14NO.Ir/c1-35(2,3)30-19-24(18-22-10-8-9-11-25(22)30)33-27-21-28-26-12-13-29-32(37(6,7)16-15-36(29,4)5)34(26)39-31(28)20-23(27)14-17-38-33;1-6(2)10-8(4)5-7(3)9;/h8-14,17,19-21H,15-16H2,1-7H3;5-6H,1-4H3;/q2*-1;/b;8-5-;. The molecule has 6 aromatic rings. The van der Waals surface area contributed by atoms with E-state index in [9.17, 15) is 0 Å². The van der Waals surface area contributed by atoms with Crippen molar-refractivity contribution in [2.45, 2.75) is 111 Å². The van der Waals surface area contributed by atoms with Crippen LogP contribution in [0.1, 0.15) is 106 Å². The molecule has 0 aliphatic heterocycles. The van der Waals surface area contributed by atoms with Crippen LogP contribution in [0.25, 0.3) is 58.4 Å². The van der Waals surface area contributed by atoms with Gasteiger partial charge in [-0.05, 0) is 90.0 Å². The Morgan fingerprint density at radius 2 is 1.60 bits per heavy atom. The summed E-state index contributed by atoms with van der Waals surface area (Å²) in [5.74, 6) is 0.745. The zero-order chi connectivity index (χ0) is 35.5. The third-order valence-corrected chi connectivity index (χ3v) is 11.2. The summed E-state index contributed by atoms with van der Waals surface area (Å²) in [6, 6.07) is 26.4. The minimum Gasteiger partial charge on any atom is -0.808 e. The molecule has 0 spiro atoms. The minimum absolute atomic E-state index is 0. The van der Waals surface area contributed by atoms with Crippen molar-refractivity contribution in [2.75, 3.05) is 0 Å². The monoisotopic (exact) mass is 859 g/mol. The van der Waals surface area contributed by atoms with Crippen LogP contribution >= 0.6 is 11.3 Å². The summed E-state index contributed by atoms with van der Waals surface area (Å²) in [5, 5.41) is 16.4. The molecule has 2 heterocycles. The molecule has 3 nitrogen and oxygen atoms in total. The van der Waals surface area contributed by atoms with Crippen LogP contribution in [-0.4, -0.2) is 16.8 Å². The smallest absolute Gasteiger partial charge is 0.0926 e. The fourth-order valence-corrected chi connectivity index (χ4v) is 8.98.